The first-order valence-corrected chi connectivity index (χ1v) is 4.56. The Morgan fingerprint density at radius 2 is 2.46 bits per heavy atom. The lowest BCUT2D eigenvalue weighted by Gasteiger charge is -2.26. The van der Waals surface area contributed by atoms with E-state index in [1.807, 2.05) is 0 Å². The molecule has 1 saturated heterocycles. The van der Waals surface area contributed by atoms with Gasteiger partial charge in [-0.3, -0.25) is 4.57 Å². The van der Waals surface area contributed by atoms with E-state index in [-0.39, 0.29) is 5.69 Å². The van der Waals surface area contributed by atoms with Crippen LogP contribution >= 0.6 is 0 Å². The Morgan fingerprint density at radius 1 is 1.69 bits per heavy atom. The molecule has 13 heavy (non-hydrogen) atoms. The van der Waals surface area contributed by atoms with Gasteiger partial charge in [-0.15, -0.1) is 0 Å². The summed E-state index contributed by atoms with van der Waals surface area (Å²) in [5.74, 6) is 0.730. The van der Waals surface area contributed by atoms with Gasteiger partial charge in [-0.1, -0.05) is 0 Å². The van der Waals surface area contributed by atoms with Crippen molar-refractivity contribution in [2.75, 3.05) is 13.1 Å². The van der Waals surface area contributed by atoms with Gasteiger partial charge >= 0.3 is 5.69 Å². The number of nitrogens with one attached hydrogen (secondary N) is 1. The summed E-state index contributed by atoms with van der Waals surface area (Å²) in [4.78, 5) is 11.3. The van der Waals surface area contributed by atoms with Crippen molar-refractivity contribution in [2.24, 2.45) is 13.0 Å². The van der Waals surface area contributed by atoms with Gasteiger partial charge in [0.05, 0.1) is 0 Å². The SMILES string of the molecule is Cn1cnn(CCC2CNC2)c1=O. The van der Waals surface area contributed by atoms with Crippen molar-refractivity contribution < 1.29 is 0 Å². The van der Waals surface area contributed by atoms with Crippen molar-refractivity contribution in [3.63, 3.8) is 0 Å². The molecule has 1 fully saturated rings. The summed E-state index contributed by atoms with van der Waals surface area (Å²) >= 11 is 0. The van der Waals surface area contributed by atoms with Crippen molar-refractivity contribution in [2.45, 2.75) is 13.0 Å². The number of nitrogens with zero attached hydrogens (tertiary/aromatic N) is 3. The van der Waals surface area contributed by atoms with E-state index in [0.29, 0.717) is 0 Å². The van der Waals surface area contributed by atoms with Crippen molar-refractivity contribution in [1.82, 2.24) is 19.7 Å². The summed E-state index contributed by atoms with van der Waals surface area (Å²) in [5, 5.41) is 7.20. The second-order valence-electron chi connectivity index (χ2n) is 3.56. The van der Waals surface area contributed by atoms with E-state index in [2.05, 4.69) is 10.4 Å². The molecule has 2 rings (SSSR count). The van der Waals surface area contributed by atoms with Gasteiger partial charge in [0.25, 0.3) is 0 Å². The molecule has 0 atom stereocenters. The van der Waals surface area contributed by atoms with E-state index >= 15 is 0 Å². The molecule has 5 heteroatoms. The van der Waals surface area contributed by atoms with Gasteiger partial charge in [0.15, 0.2) is 0 Å². The lowest BCUT2D eigenvalue weighted by atomic mass is 10.00. The van der Waals surface area contributed by atoms with Gasteiger partial charge < -0.3 is 5.32 Å². The van der Waals surface area contributed by atoms with Crippen molar-refractivity contribution >= 4 is 0 Å². The van der Waals surface area contributed by atoms with Gasteiger partial charge in [0.2, 0.25) is 0 Å². The normalized spacial score (nSPS) is 17.3. The fraction of sp³-hybridized carbons (Fsp3) is 0.750. The van der Waals surface area contributed by atoms with Crippen LogP contribution in [0.15, 0.2) is 11.1 Å². The standard InChI is InChI=1S/C8H14N4O/c1-11-6-10-12(8(11)13)3-2-7-4-9-5-7/h6-7,9H,2-5H2,1H3. The molecule has 0 amide bonds. The molecule has 1 aliphatic rings. The monoisotopic (exact) mass is 182 g/mol. The maximum atomic E-state index is 11.3. The Labute approximate surface area is 76.4 Å². The third kappa shape index (κ3) is 1.65. The molecule has 5 nitrogen and oxygen atoms in total. The van der Waals surface area contributed by atoms with E-state index in [4.69, 9.17) is 0 Å². The van der Waals surface area contributed by atoms with E-state index in [0.717, 1.165) is 32.0 Å². The van der Waals surface area contributed by atoms with Crippen LogP contribution in [0.25, 0.3) is 0 Å². The van der Waals surface area contributed by atoms with E-state index in [1.165, 1.54) is 9.25 Å². The second kappa shape index (κ2) is 3.33. The molecule has 0 bridgehead atoms. The zero-order valence-electron chi connectivity index (χ0n) is 7.73. The summed E-state index contributed by atoms with van der Waals surface area (Å²) in [6.07, 6.45) is 2.60. The van der Waals surface area contributed by atoms with Crippen LogP contribution < -0.4 is 11.0 Å². The zero-order valence-corrected chi connectivity index (χ0v) is 7.73. The van der Waals surface area contributed by atoms with Gasteiger partial charge in [-0.25, -0.2) is 9.48 Å². The summed E-state index contributed by atoms with van der Waals surface area (Å²) in [7, 11) is 1.72. The highest BCUT2D eigenvalue weighted by molar-refractivity contribution is 4.75. The van der Waals surface area contributed by atoms with Crippen LogP contribution in [-0.2, 0) is 13.6 Å². The van der Waals surface area contributed by atoms with Gasteiger partial charge in [-0.05, 0) is 25.4 Å². The Kier molecular flexibility index (Phi) is 2.18. The third-order valence-electron chi connectivity index (χ3n) is 2.50. The van der Waals surface area contributed by atoms with Crippen molar-refractivity contribution in [3.8, 4) is 0 Å². The molecule has 2 heterocycles. The molecule has 72 valence electrons. The van der Waals surface area contributed by atoms with Gasteiger partial charge in [-0.2, -0.15) is 5.10 Å². The lowest BCUT2D eigenvalue weighted by Crippen LogP contribution is -2.42. The summed E-state index contributed by atoms with van der Waals surface area (Å²) < 4.78 is 3.03. The minimum absolute atomic E-state index is 0.0210. The van der Waals surface area contributed by atoms with Crippen LogP contribution in [0, 0.1) is 5.92 Å². The molecule has 1 aromatic rings. The molecular weight excluding hydrogens is 168 g/mol. The molecule has 0 saturated carbocycles. The fourth-order valence-corrected chi connectivity index (χ4v) is 1.43. The average Bonchev–Trinajstić information content (AvgIpc) is 2.33. The molecule has 1 aromatic heterocycles. The van der Waals surface area contributed by atoms with Gasteiger partial charge in [0, 0.05) is 13.6 Å². The van der Waals surface area contributed by atoms with Crippen LogP contribution in [0.5, 0.6) is 0 Å². The predicted octanol–water partition coefficient (Wildman–Crippen LogP) is -0.809. The van der Waals surface area contributed by atoms with E-state index in [9.17, 15) is 4.79 Å². The minimum Gasteiger partial charge on any atom is -0.316 e. The van der Waals surface area contributed by atoms with Crippen LogP contribution in [0.1, 0.15) is 6.42 Å². The quantitative estimate of drug-likeness (QED) is 0.665. The van der Waals surface area contributed by atoms with Crippen molar-refractivity contribution in [3.05, 3.63) is 16.8 Å². The number of aromatic nitrogens is 3. The Hall–Kier alpha value is -1.10. The minimum atomic E-state index is -0.0210. The fourth-order valence-electron chi connectivity index (χ4n) is 1.43. The Morgan fingerprint density at radius 3 is 2.92 bits per heavy atom. The molecular formula is C8H14N4O. The van der Waals surface area contributed by atoms with Crippen LogP contribution in [0.3, 0.4) is 0 Å². The van der Waals surface area contributed by atoms with Crippen molar-refractivity contribution in [1.29, 1.82) is 0 Å². The Balaban J connectivity index is 1.93. The highest BCUT2D eigenvalue weighted by atomic mass is 16.2. The zero-order chi connectivity index (χ0) is 9.26. The first kappa shape index (κ1) is 8.50. The maximum Gasteiger partial charge on any atom is 0.345 e. The first-order chi connectivity index (χ1) is 6.27. The maximum absolute atomic E-state index is 11.3. The largest absolute Gasteiger partial charge is 0.345 e. The van der Waals surface area contributed by atoms with Crippen LogP contribution in [-0.4, -0.2) is 27.4 Å². The van der Waals surface area contributed by atoms with Gasteiger partial charge in [0.1, 0.15) is 6.33 Å². The summed E-state index contributed by atoms with van der Waals surface area (Å²) in [6, 6.07) is 0. The molecule has 1 aliphatic heterocycles. The molecule has 1 N–H and O–H groups in total. The van der Waals surface area contributed by atoms with Crippen LogP contribution in [0.4, 0.5) is 0 Å². The number of aryl methyl sites for hydroxylation is 2. The summed E-state index contributed by atoms with van der Waals surface area (Å²) in [6.45, 7) is 2.91. The lowest BCUT2D eigenvalue weighted by molar-refractivity contribution is 0.305. The average molecular weight is 182 g/mol. The molecule has 0 radical (unpaired) electrons. The summed E-state index contributed by atoms with van der Waals surface area (Å²) in [5.41, 5.74) is -0.0210. The number of hydrogen-bond acceptors (Lipinski definition) is 3. The highest BCUT2D eigenvalue weighted by Crippen LogP contribution is 2.08. The molecule has 0 aromatic carbocycles. The first-order valence-electron chi connectivity index (χ1n) is 4.56. The highest BCUT2D eigenvalue weighted by Gasteiger charge is 2.16. The molecule has 0 unspecified atom stereocenters. The Bertz CT molecular complexity index is 336. The van der Waals surface area contributed by atoms with E-state index in [1.54, 1.807) is 13.4 Å². The second-order valence-corrected chi connectivity index (χ2v) is 3.56. The third-order valence-corrected chi connectivity index (χ3v) is 2.50. The molecule has 0 aliphatic carbocycles. The van der Waals surface area contributed by atoms with E-state index < -0.39 is 0 Å². The predicted molar refractivity (Wildman–Crippen MR) is 48.4 cm³/mol. The number of hydrogen-bond donors (Lipinski definition) is 1. The molecule has 0 spiro atoms. The smallest absolute Gasteiger partial charge is 0.316 e. The van der Waals surface area contributed by atoms with Crippen LogP contribution in [0.2, 0.25) is 0 Å². The number of rotatable bonds is 3. The topological polar surface area (TPSA) is 51.9 Å².